The minimum Gasteiger partial charge on any atom is -0.481 e. The number of carboxylic acid groups (broad SMARTS) is 1. The van der Waals surface area contributed by atoms with Crippen LogP contribution in [0.15, 0.2) is 30.5 Å². The number of aryl methyl sites for hydroxylation is 1. The van der Waals surface area contributed by atoms with Gasteiger partial charge in [-0.15, -0.1) is 0 Å². The molecule has 1 unspecified atom stereocenters. The van der Waals surface area contributed by atoms with Gasteiger partial charge in [-0.05, 0) is 24.5 Å². The predicted octanol–water partition coefficient (Wildman–Crippen LogP) is 2.77. The molecular weight excluding hydrogens is 276 g/mol. The number of halogens is 1. The number of carboxylic acids is 1. The Morgan fingerprint density at radius 1 is 1.45 bits per heavy atom. The number of fused-ring (bicyclic) bond motifs is 1. The lowest BCUT2D eigenvalue weighted by atomic mass is 9.98. The smallest absolute Gasteiger partial charge is 0.308 e. The van der Waals surface area contributed by atoms with Crippen LogP contribution in [0.1, 0.15) is 23.5 Å². The fourth-order valence-corrected chi connectivity index (χ4v) is 2.87. The molecule has 0 radical (unpaired) electrons. The van der Waals surface area contributed by atoms with Crippen molar-refractivity contribution in [1.82, 2.24) is 9.55 Å². The number of imidazole rings is 1. The lowest BCUT2D eigenvalue weighted by Gasteiger charge is -2.22. The van der Waals surface area contributed by atoms with Crippen LogP contribution in [0.2, 0.25) is 5.02 Å². The third-order valence-electron chi connectivity index (χ3n) is 3.83. The third kappa shape index (κ3) is 2.43. The highest BCUT2D eigenvalue weighted by Crippen LogP contribution is 2.24. The molecule has 0 amide bonds. The van der Waals surface area contributed by atoms with Gasteiger partial charge in [0.05, 0.1) is 5.92 Å². The number of hydrogen-bond acceptors (Lipinski definition) is 2. The first kappa shape index (κ1) is 13.2. The van der Waals surface area contributed by atoms with Crippen molar-refractivity contribution in [2.45, 2.75) is 25.8 Å². The van der Waals surface area contributed by atoms with Gasteiger partial charge in [-0.2, -0.15) is 0 Å². The summed E-state index contributed by atoms with van der Waals surface area (Å²) >= 11 is 6.17. The summed E-state index contributed by atoms with van der Waals surface area (Å²) in [5.74, 6) is -0.159. The molecule has 0 aliphatic carbocycles. The summed E-state index contributed by atoms with van der Waals surface area (Å²) in [6.45, 7) is 0.504. The SMILES string of the molecule is O=C(O)C1CCc2cnc(Cc3ccccc3Cl)n2C1. The van der Waals surface area contributed by atoms with Crippen LogP contribution in [-0.4, -0.2) is 20.6 Å². The first-order chi connectivity index (χ1) is 9.65. The van der Waals surface area contributed by atoms with Crippen LogP contribution in [-0.2, 0) is 24.2 Å². The number of hydrogen-bond donors (Lipinski definition) is 1. The van der Waals surface area contributed by atoms with Crippen molar-refractivity contribution in [2.75, 3.05) is 0 Å². The molecule has 3 rings (SSSR count). The lowest BCUT2D eigenvalue weighted by Crippen LogP contribution is -2.27. The van der Waals surface area contributed by atoms with Crippen LogP contribution in [0.5, 0.6) is 0 Å². The van der Waals surface area contributed by atoms with Crippen LogP contribution in [0.3, 0.4) is 0 Å². The van der Waals surface area contributed by atoms with Crippen LogP contribution in [0.25, 0.3) is 0 Å². The molecule has 0 saturated carbocycles. The van der Waals surface area contributed by atoms with Gasteiger partial charge in [-0.25, -0.2) is 4.98 Å². The van der Waals surface area contributed by atoms with E-state index in [1.807, 2.05) is 35.0 Å². The third-order valence-corrected chi connectivity index (χ3v) is 4.20. The molecule has 104 valence electrons. The zero-order valence-electron chi connectivity index (χ0n) is 10.9. The molecular formula is C15H15ClN2O2. The Kier molecular flexibility index (Phi) is 3.49. The fraction of sp³-hybridized carbons (Fsp3) is 0.333. The van der Waals surface area contributed by atoms with Crippen molar-refractivity contribution in [2.24, 2.45) is 5.92 Å². The number of rotatable bonds is 3. The molecule has 20 heavy (non-hydrogen) atoms. The Morgan fingerprint density at radius 3 is 3.00 bits per heavy atom. The van der Waals surface area contributed by atoms with Gasteiger partial charge in [0.25, 0.3) is 0 Å². The summed E-state index contributed by atoms with van der Waals surface area (Å²) in [5, 5.41) is 9.89. The second-order valence-electron chi connectivity index (χ2n) is 5.12. The topological polar surface area (TPSA) is 55.1 Å². The molecule has 0 saturated heterocycles. The number of aromatic nitrogens is 2. The van der Waals surface area contributed by atoms with E-state index < -0.39 is 5.97 Å². The zero-order chi connectivity index (χ0) is 14.1. The normalized spacial score (nSPS) is 17.8. The Morgan fingerprint density at radius 2 is 2.25 bits per heavy atom. The van der Waals surface area contributed by atoms with Crippen LogP contribution < -0.4 is 0 Å². The van der Waals surface area contributed by atoms with E-state index in [2.05, 4.69) is 4.98 Å². The minimum absolute atomic E-state index is 0.318. The van der Waals surface area contributed by atoms with Gasteiger partial charge in [0.2, 0.25) is 0 Å². The second-order valence-corrected chi connectivity index (χ2v) is 5.53. The quantitative estimate of drug-likeness (QED) is 0.946. The van der Waals surface area contributed by atoms with Crippen LogP contribution in [0.4, 0.5) is 0 Å². The summed E-state index contributed by atoms with van der Waals surface area (Å²) in [5.41, 5.74) is 2.13. The second kappa shape index (κ2) is 5.29. The van der Waals surface area contributed by atoms with Crippen molar-refractivity contribution < 1.29 is 9.90 Å². The van der Waals surface area contributed by atoms with E-state index in [1.165, 1.54) is 0 Å². The van der Waals surface area contributed by atoms with Gasteiger partial charge in [0.1, 0.15) is 5.82 Å². The summed E-state index contributed by atoms with van der Waals surface area (Å²) in [4.78, 5) is 15.6. The summed E-state index contributed by atoms with van der Waals surface area (Å²) < 4.78 is 2.03. The highest BCUT2D eigenvalue weighted by molar-refractivity contribution is 6.31. The zero-order valence-corrected chi connectivity index (χ0v) is 11.7. The standard InChI is InChI=1S/C15H15ClN2O2/c16-13-4-2-1-3-10(13)7-14-17-8-12-6-5-11(15(19)20)9-18(12)14/h1-4,8,11H,5-7,9H2,(H,19,20). The molecule has 1 atom stereocenters. The molecule has 5 heteroatoms. The van der Waals surface area contributed by atoms with Gasteiger partial charge in [0.15, 0.2) is 0 Å². The van der Waals surface area contributed by atoms with Crippen molar-refractivity contribution in [1.29, 1.82) is 0 Å². The first-order valence-corrected chi connectivity index (χ1v) is 7.02. The molecule has 0 fully saturated rings. The number of aliphatic carboxylic acids is 1. The van der Waals surface area contributed by atoms with E-state index in [4.69, 9.17) is 11.6 Å². The van der Waals surface area contributed by atoms with Crippen LogP contribution in [0, 0.1) is 5.92 Å². The van der Waals surface area contributed by atoms with E-state index in [9.17, 15) is 9.90 Å². The number of carbonyl (C=O) groups is 1. The van der Waals surface area contributed by atoms with E-state index in [-0.39, 0.29) is 5.92 Å². The Hall–Kier alpha value is -1.81. The average molecular weight is 291 g/mol. The molecule has 2 heterocycles. The van der Waals surface area contributed by atoms with Crippen LogP contribution >= 0.6 is 11.6 Å². The minimum atomic E-state index is -0.729. The van der Waals surface area contributed by atoms with Gasteiger partial charge >= 0.3 is 5.97 Å². The lowest BCUT2D eigenvalue weighted by molar-refractivity contribution is -0.142. The Bertz CT molecular complexity index is 651. The molecule has 1 aromatic heterocycles. The summed E-state index contributed by atoms with van der Waals surface area (Å²) in [6, 6.07) is 7.67. The van der Waals surface area contributed by atoms with Gasteiger partial charge < -0.3 is 9.67 Å². The first-order valence-electron chi connectivity index (χ1n) is 6.64. The molecule has 0 spiro atoms. The molecule has 1 aliphatic rings. The fourth-order valence-electron chi connectivity index (χ4n) is 2.66. The molecule has 4 nitrogen and oxygen atoms in total. The maximum Gasteiger partial charge on any atom is 0.308 e. The number of nitrogens with zero attached hydrogens (tertiary/aromatic N) is 2. The largest absolute Gasteiger partial charge is 0.481 e. The van der Waals surface area contributed by atoms with E-state index in [0.717, 1.165) is 28.5 Å². The summed E-state index contributed by atoms with van der Waals surface area (Å²) in [6.07, 6.45) is 3.94. The highest BCUT2D eigenvalue weighted by atomic mass is 35.5. The van der Waals surface area contributed by atoms with Crippen molar-refractivity contribution in [3.8, 4) is 0 Å². The molecule has 1 N–H and O–H groups in total. The monoisotopic (exact) mass is 290 g/mol. The maximum absolute atomic E-state index is 11.2. The van der Waals surface area contributed by atoms with E-state index in [0.29, 0.717) is 19.4 Å². The molecule has 2 aromatic rings. The van der Waals surface area contributed by atoms with Gasteiger partial charge in [-0.3, -0.25) is 4.79 Å². The highest BCUT2D eigenvalue weighted by Gasteiger charge is 2.26. The maximum atomic E-state index is 11.2. The molecule has 0 bridgehead atoms. The Balaban J connectivity index is 1.88. The van der Waals surface area contributed by atoms with Gasteiger partial charge in [0, 0.05) is 29.9 Å². The van der Waals surface area contributed by atoms with E-state index >= 15 is 0 Å². The van der Waals surface area contributed by atoms with E-state index in [1.54, 1.807) is 0 Å². The predicted molar refractivity (Wildman–Crippen MR) is 75.9 cm³/mol. The number of benzene rings is 1. The van der Waals surface area contributed by atoms with Crippen molar-refractivity contribution in [3.63, 3.8) is 0 Å². The van der Waals surface area contributed by atoms with Gasteiger partial charge in [-0.1, -0.05) is 29.8 Å². The summed E-state index contributed by atoms with van der Waals surface area (Å²) in [7, 11) is 0. The average Bonchev–Trinajstić information content (AvgIpc) is 2.84. The van der Waals surface area contributed by atoms with Crippen molar-refractivity contribution in [3.05, 3.63) is 52.6 Å². The Labute approximate surface area is 122 Å². The molecule has 1 aliphatic heterocycles. The molecule has 1 aromatic carbocycles. The van der Waals surface area contributed by atoms with Crippen molar-refractivity contribution >= 4 is 17.6 Å².